The van der Waals surface area contributed by atoms with Crippen LogP contribution in [0.15, 0.2) is 65.4 Å². The molecule has 4 rings (SSSR count). The van der Waals surface area contributed by atoms with Crippen molar-refractivity contribution in [1.29, 1.82) is 0 Å². The summed E-state index contributed by atoms with van der Waals surface area (Å²) < 4.78 is 5.67. The van der Waals surface area contributed by atoms with Gasteiger partial charge in [0.15, 0.2) is 0 Å². The molecule has 1 aliphatic heterocycles. The van der Waals surface area contributed by atoms with E-state index in [9.17, 15) is 4.79 Å². The van der Waals surface area contributed by atoms with Crippen molar-refractivity contribution in [3.05, 3.63) is 72.2 Å². The second-order valence-corrected chi connectivity index (χ2v) is 8.03. The number of benzene rings is 1. The Morgan fingerprint density at radius 1 is 1.20 bits per heavy atom. The normalized spacial score (nSPS) is 19.5. The lowest BCUT2D eigenvalue weighted by molar-refractivity contribution is -0.134. The smallest absolute Gasteiger partial charge is 0.227 e. The Balaban J connectivity index is 1.55. The van der Waals surface area contributed by atoms with Gasteiger partial charge in [0.1, 0.15) is 11.5 Å². The largest absolute Gasteiger partial charge is 0.361 e. The van der Waals surface area contributed by atoms with E-state index in [4.69, 9.17) is 4.52 Å². The van der Waals surface area contributed by atoms with E-state index >= 15 is 0 Å². The first-order chi connectivity index (χ1) is 14.7. The van der Waals surface area contributed by atoms with Crippen molar-refractivity contribution in [3.63, 3.8) is 0 Å². The van der Waals surface area contributed by atoms with Crippen LogP contribution in [0.2, 0.25) is 0 Å². The van der Waals surface area contributed by atoms with Crippen LogP contribution in [0.25, 0.3) is 11.3 Å². The van der Waals surface area contributed by atoms with Crippen LogP contribution >= 0.6 is 0 Å². The molecule has 1 aromatic carbocycles. The lowest BCUT2D eigenvalue weighted by Crippen LogP contribution is -2.52. The number of hydrogen-bond donors (Lipinski definition) is 1. The standard InChI is InChI=1S/C24H28N4O2/c1-2-26-23(29)24(11-6-14-28(18-24)17-19-9-12-25-13-10-19)16-21-15-22(27-30-21)20-7-4-3-5-8-20/h3-5,7-10,12-13,15H,2,6,11,14,16-18H2,1H3,(H,26,29)/t24-/m1/s1. The molecule has 1 amide bonds. The van der Waals surface area contributed by atoms with E-state index in [0.717, 1.165) is 42.9 Å². The van der Waals surface area contributed by atoms with Crippen molar-refractivity contribution in [3.8, 4) is 11.3 Å². The predicted molar refractivity (Wildman–Crippen MR) is 116 cm³/mol. The molecular weight excluding hydrogens is 376 g/mol. The Kier molecular flexibility index (Phi) is 6.23. The average molecular weight is 405 g/mol. The summed E-state index contributed by atoms with van der Waals surface area (Å²) in [5.41, 5.74) is 2.51. The van der Waals surface area contributed by atoms with Gasteiger partial charge in [0, 0.05) is 50.1 Å². The average Bonchev–Trinajstić information content (AvgIpc) is 3.24. The Morgan fingerprint density at radius 3 is 2.77 bits per heavy atom. The van der Waals surface area contributed by atoms with Gasteiger partial charge in [-0.25, -0.2) is 0 Å². The molecule has 6 heteroatoms. The number of nitrogens with zero attached hydrogens (tertiary/aromatic N) is 3. The van der Waals surface area contributed by atoms with E-state index in [1.807, 2.05) is 67.8 Å². The van der Waals surface area contributed by atoms with Gasteiger partial charge in [-0.2, -0.15) is 0 Å². The molecule has 3 heterocycles. The maximum Gasteiger partial charge on any atom is 0.227 e. The van der Waals surface area contributed by atoms with Crippen LogP contribution in [0.1, 0.15) is 31.1 Å². The second kappa shape index (κ2) is 9.22. The lowest BCUT2D eigenvalue weighted by Gasteiger charge is -2.41. The summed E-state index contributed by atoms with van der Waals surface area (Å²) in [6, 6.07) is 16.0. The van der Waals surface area contributed by atoms with Gasteiger partial charge in [-0.15, -0.1) is 0 Å². The molecule has 0 spiro atoms. The second-order valence-electron chi connectivity index (χ2n) is 8.03. The van der Waals surface area contributed by atoms with Crippen molar-refractivity contribution >= 4 is 5.91 Å². The summed E-state index contributed by atoms with van der Waals surface area (Å²) in [6.07, 6.45) is 5.99. The van der Waals surface area contributed by atoms with Crippen molar-refractivity contribution < 1.29 is 9.32 Å². The zero-order chi connectivity index (χ0) is 20.8. The lowest BCUT2D eigenvalue weighted by atomic mass is 9.75. The third-order valence-corrected chi connectivity index (χ3v) is 5.77. The first kappa shape index (κ1) is 20.3. The van der Waals surface area contributed by atoms with Gasteiger partial charge in [-0.05, 0) is 44.0 Å². The van der Waals surface area contributed by atoms with E-state index in [1.54, 1.807) is 0 Å². The fraction of sp³-hybridized carbons (Fsp3) is 0.375. The van der Waals surface area contributed by atoms with Crippen molar-refractivity contribution in [2.45, 2.75) is 32.7 Å². The van der Waals surface area contributed by atoms with E-state index in [1.165, 1.54) is 5.56 Å². The van der Waals surface area contributed by atoms with Crippen molar-refractivity contribution in [2.24, 2.45) is 5.41 Å². The Morgan fingerprint density at radius 2 is 2.00 bits per heavy atom. The number of pyridine rings is 1. The van der Waals surface area contributed by atoms with Gasteiger partial charge < -0.3 is 9.84 Å². The first-order valence-corrected chi connectivity index (χ1v) is 10.6. The molecule has 0 saturated carbocycles. The molecule has 2 aromatic heterocycles. The van der Waals surface area contributed by atoms with Crippen molar-refractivity contribution in [2.75, 3.05) is 19.6 Å². The van der Waals surface area contributed by atoms with Gasteiger partial charge in [-0.3, -0.25) is 14.7 Å². The summed E-state index contributed by atoms with van der Waals surface area (Å²) in [6.45, 7) is 5.08. The van der Waals surface area contributed by atoms with Gasteiger partial charge in [0.25, 0.3) is 0 Å². The molecule has 156 valence electrons. The van der Waals surface area contributed by atoms with Crippen LogP contribution in [-0.2, 0) is 17.8 Å². The molecule has 0 radical (unpaired) electrons. The number of carbonyl (C=O) groups excluding carboxylic acids is 1. The number of aromatic nitrogens is 2. The number of likely N-dealkylation sites (tertiary alicyclic amines) is 1. The Bertz CT molecular complexity index is 958. The molecule has 1 atom stereocenters. The van der Waals surface area contributed by atoms with Gasteiger partial charge in [0.2, 0.25) is 5.91 Å². The molecule has 1 saturated heterocycles. The molecule has 0 unspecified atom stereocenters. The Hall–Kier alpha value is -2.99. The third-order valence-electron chi connectivity index (χ3n) is 5.77. The number of nitrogens with one attached hydrogen (secondary N) is 1. The molecule has 6 nitrogen and oxygen atoms in total. The number of hydrogen-bond acceptors (Lipinski definition) is 5. The summed E-state index contributed by atoms with van der Waals surface area (Å²) in [5, 5.41) is 7.31. The maximum absolute atomic E-state index is 13.2. The van der Waals surface area contributed by atoms with E-state index in [2.05, 4.69) is 20.4 Å². The van der Waals surface area contributed by atoms with Gasteiger partial charge >= 0.3 is 0 Å². The van der Waals surface area contributed by atoms with Crippen LogP contribution in [0.3, 0.4) is 0 Å². The minimum absolute atomic E-state index is 0.0992. The SMILES string of the molecule is CCNC(=O)[C@@]1(Cc2cc(-c3ccccc3)no2)CCCN(Cc2ccncc2)C1. The maximum atomic E-state index is 13.2. The molecule has 3 aromatic rings. The number of rotatable bonds is 7. The summed E-state index contributed by atoms with van der Waals surface area (Å²) in [5.74, 6) is 0.855. The van der Waals surface area contributed by atoms with E-state index in [-0.39, 0.29) is 5.91 Å². The highest BCUT2D eigenvalue weighted by Crippen LogP contribution is 2.35. The van der Waals surface area contributed by atoms with E-state index in [0.29, 0.717) is 19.5 Å². The Labute approximate surface area is 177 Å². The molecule has 1 fully saturated rings. The first-order valence-electron chi connectivity index (χ1n) is 10.6. The van der Waals surface area contributed by atoms with Crippen LogP contribution < -0.4 is 5.32 Å². The fourth-order valence-corrected chi connectivity index (χ4v) is 4.34. The predicted octanol–water partition coefficient (Wildman–Crippen LogP) is 3.70. The number of carbonyl (C=O) groups is 1. The number of amides is 1. The summed E-state index contributed by atoms with van der Waals surface area (Å²) in [4.78, 5) is 19.7. The zero-order valence-corrected chi connectivity index (χ0v) is 17.4. The monoisotopic (exact) mass is 404 g/mol. The molecule has 0 bridgehead atoms. The highest BCUT2D eigenvalue weighted by atomic mass is 16.5. The molecule has 1 aliphatic rings. The molecule has 0 aliphatic carbocycles. The highest BCUT2D eigenvalue weighted by molar-refractivity contribution is 5.83. The van der Waals surface area contributed by atoms with Crippen LogP contribution in [0, 0.1) is 5.41 Å². The summed E-state index contributed by atoms with van der Waals surface area (Å²) >= 11 is 0. The van der Waals surface area contributed by atoms with Gasteiger partial charge in [0.05, 0.1) is 5.41 Å². The van der Waals surface area contributed by atoms with E-state index < -0.39 is 5.41 Å². The highest BCUT2D eigenvalue weighted by Gasteiger charge is 2.43. The minimum Gasteiger partial charge on any atom is -0.361 e. The van der Waals surface area contributed by atoms with Crippen LogP contribution in [0.4, 0.5) is 0 Å². The van der Waals surface area contributed by atoms with Crippen molar-refractivity contribution in [1.82, 2.24) is 20.4 Å². The molecule has 30 heavy (non-hydrogen) atoms. The van der Waals surface area contributed by atoms with Crippen LogP contribution in [-0.4, -0.2) is 40.6 Å². The quantitative estimate of drug-likeness (QED) is 0.650. The van der Waals surface area contributed by atoms with Gasteiger partial charge in [-0.1, -0.05) is 35.5 Å². The van der Waals surface area contributed by atoms with Crippen LogP contribution in [0.5, 0.6) is 0 Å². The topological polar surface area (TPSA) is 71.3 Å². The third kappa shape index (κ3) is 4.60. The zero-order valence-electron chi connectivity index (χ0n) is 17.4. The molecular formula is C24H28N4O2. The fourth-order valence-electron chi connectivity index (χ4n) is 4.34. The minimum atomic E-state index is -0.519. The molecule has 1 N–H and O–H groups in total. The number of piperidine rings is 1. The summed E-state index contributed by atoms with van der Waals surface area (Å²) in [7, 11) is 0.